The molecule has 1 aromatic carbocycles. The summed E-state index contributed by atoms with van der Waals surface area (Å²) in [4.78, 5) is 25.3. The van der Waals surface area contributed by atoms with E-state index in [-0.39, 0.29) is 5.82 Å². The number of anilines is 1. The van der Waals surface area contributed by atoms with Crippen LogP contribution in [0.2, 0.25) is 0 Å². The van der Waals surface area contributed by atoms with E-state index >= 15 is 0 Å². The Morgan fingerprint density at radius 2 is 2.14 bits per heavy atom. The predicted octanol–water partition coefficient (Wildman–Crippen LogP) is 3.76. The SMILES string of the molecule is [2H]C([2H])([2H])Nc1ncc(-c2nc3cc(Br)ccc3o2)c2cc(C3(C(N)=O)CC3)ncc12. The van der Waals surface area contributed by atoms with Crippen molar-refractivity contribution in [3.05, 3.63) is 46.8 Å². The number of carbonyl (C=O) groups excluding carboxylic acids is 1. The normalized spacial score (nSPS) is 17.1. The summed E-state index contributed by atoms with van der Waals surface area (Å²) in [6.07, 6.45) is 4.26. The molecule has 0 unspecified atom stereocenters. The minimum absolute atomic E-state index is 0.153. The molecule has 1 saturated carbocycles. The molecule has 0 bridgehead atoms. The monoisotopic (exact) mass is 440 g/mol. The second-order valence-electron chi connectivity index (χ2n) is 6.84. The topological polar surface area (TPSA) is 107 Å². The van der Waals surface area contributed by atoms with Crippen LogP contribution in [0, 0.1) is 0 Å². The van der Waals surface area contributed by atoms with Gasteiger partial charge in [-0.15, -0.1) is 0 Å². The maximum absolute atomic E-state index is 12.0. The van der Waals surface area contributed by atoms with Crippen LogP contribution in [0.1, 0.15) is 22.6 Å². The van der Waals surface area contributed by atoms with Crippen LogP contribution in [0.3, 0.4) is 0 Å². The highest BCUT2D eigenvalue weighted by atomic mass is 79.9. The molecule has 1 aliphatic carbocycles. The molecule has 0 radical (unpaired) electrons. The molecular weight excluding hydrogens is 422 g/mol. The number of nitrogens with two attached hydrogens (primary N) is 1. The number of aromatic nitrogens is 3. The van der Waals surface area contributed by atoms with Crippen molar-refractivity contribution < 1.29 is 13.3 Å². The number of carbonyl (C=O) groups is 1. The molecule has 3 N–H and O–H groups in total. The summed E-state index contributed by atoms with van der Waals surface area (Å²) in [5.74, 6) is 0.0511. The number of rotatable bonds is 4. The lowest BCUT2D eigenvalue weighted by Gasteiger charge is -2.13. The maximum Gasteiger partial charge on any atom is 0.229 e. The molecule has 1 fully saturated rings. The van der Waals surface area contributed by atoms with Crippen LogP contribution in [0.4, 0.5) is 5.82 Å². The third-order valence-corrected chi connectivity index (χ3v) is 5.68. The van der Waals surface area contributed by atoms with Gasteiger partial charge in [-0.3, -0.25) is 9.78 Å². The van der Waals surface area contributed by atoms with Gasteiger partial charge in [-0.05, 0) is 37.1 Å². The van der Waals surface area contributed by atoms with Crippen molar-refractivity contribution in [3.8, 4) is 11.5 Å². The van der Waals surface area contributed by atoms with E-state index in [4.69, 9.17) is 14.3 Å². The number of hydrogen-bond donors (Lipinski definition) is 2. The molecule has 28 heavy (non-hydrogen) atoms. The molecule has 4 aromatic rings. The standard InChI is InChI=1S/C20H16BrN5O2/c1-23-17-12-8-24-16(20(4-5-20)19(22)27)7-11(12)13(9-25-17)18-26-14-6-10(21)2-3-15(14)28-18/h2-3,6-9H,4-5H2,1H3,(H2,22,27)(H,23,25)/i1D3. The van der Waals surface area contributed by atoms with Gasteiger partial charge in [0.05, 0.1) is 16.7 Å². The van der Waals surface area contributed by atoms with Gasteiger partial charge >= 0.3 is 0 Å². The van der Waals surface area contributed by atoms with Crippen LogP contribution >= 0.6 is 15.9 Å². The summed E-state index contributed by atoms with van der Waals surface area (Å²) in [6.45, 7) is -2.44. The Labute approximate surface area is 172 Å². The van der Waals surface area contributed by atoms with Gasteiger partial charge in [-0.1, -0.05) is 15.9 Å². The number of amides is 1. The Morgan fingerprint density at radius 1 is 1.29 bits per heavy atom. The smallest absolute Gasteiger partial charge is 0.229 e. The average Bonchev–Trinajstić information content (AvgIpc) is 3.41. The summed E-state index contributed by atoms with van der Waals surface area (Å²) in [5.41, 5.74) is 7.19. The molecule has 1 amide bonds. The molecule has 3 heterocycles. The second-order valence-corrected chi connectivity index (χ2v) is 7.75. The molecule has 3 aromatic heterocycles. The van der Waals surface area contributed by atoms with Crippen molar-refractivity contribution in [1.82, 2.24) is 15.0 Å². The van der Waals surface area contributed by atoms with Gasteiger partial charge in [-0.2, -0.15) is 0 Å². The fourth-order valence-corrected chi connectivity index (χ4v) is 3.79. The number of hydrogen-bond acceptors (Lipinski definition) is 6. The Morgan fingerprint density at radius 3 is 2.89 bits per heavy atom. The first kappa shape index (κ1) is 14.1. The van der Waals surface area contributed by atoms with E-state index in [1.807, 2.05) is 12.1 Å². The number of nitrogens with zero attached hydrogens (tertiary/aromatic N) is 3. The van der Waals surface area contributed by atoms with Gasteiger partial charge in [0.2, 0.25) is 11.8 Å². The summed E-state index contributed by atoms with van der Waals surface area (Å²) >= 11 is 3.42. The molecule has 1 aliphatic rings. The highest BCUT2D eigenvalue weighted by Crippen LogP contribution is 2.48. The van der Waals surface area contributed by atoms with Gasteiger partial charge in [-0.25, -0.2) is 9.97 Å². The first-order valence-corrected chi connectivity index (χ1v) is 9.39. The van der Waals surface area contributed by atoms with Crippen molar-refractivity contribution in [2.24, 2.45) is 5.73 Å². The highest BCUT2D eigenvalue weighted by molar-refractivity contribution is 9.10. The van der Waals surface area contributed by atoms with Crippen molar-refractivity contribution in [1.29, 1.82) is 0 Å². The molecule has 8 heteroatoms. The lowest BCUT2D eigenvalue weighted by atomic mass is 9.98. The minimum atomic E-state index is -2.44. The fourth-order valence-electron chi connectivity index (χ4n) is 3.44. The van der Waals surface area contributed by atoms with Crippen molar-refractivity contribution >= 4 is 49.5 Å². The first-order valence-electron chi connectivity index (χ1n) is 10.1. The molecule has 0 saturated heterocycles. The molecule has 0 spiro atoms. The van der Waals surface area contributed by atoms with E-state index in [1.165, 1.54) is 12.4 Å². The van der Waals surface area contributed by atoms with E-state index in [1.54, 1.807) is 12.1 Å². The highest BCUT2D eigenvalue weighted by Gasteiger charge is 2.51. The van der Waals surface area contributed by atoms with Gasteiger partial charge < -0.3 is 15.5 Å². The summed E-state index contributed by atoms with van der Waals surface area (Å²) in [6, 6.07) is 7.24. The van der Waals surface area contributed by atoms with Crippen molar-refractivity contribution in [3.63, 3.8) is 0 Å². The number of nitrogens with one attached hydrogen (secondary N) is 1. The van der Waals surface area contributed by atoms with Crippen molar-refractivity contribution in [2.45, 2.75) is 18.3 Å². The van der Waals surface area contributed by atoms with E-state index in [0.717, 1.165) is 4.47 Å². The maximum atomic E-state index is 12.0. The molecule has 5 rings (SSSR count). The van der Waals surface area contributed by atoms with E-state index in [0.29, 0.717) is 51.9 Å². The molecule has 140 valence electrons. The Bertz CT molecular complexity index is 1360. The fraction of sp³-hybridized carbons (Fsp3) is 0.200. The Kier molecular flexibility index (Phi) is 3.01. The van der Waals surface area contributed by atoms with E-state index in [9.17, 15) is 4.79 Å². The second kappa shape index (κ2) is 6.00. The van der Waals surface area contributed by atoms with Crippen LogP contribution in [0.5, 0.6) is 0 Å². The van der Waals surface area contributed by atoms with E-state index < -0.39 is 18.3 Å². The van der Waals surface area contributed by atoms with Crippen LogP contribution < -0.4 is 11.1 Å². The Hall–Kier alpha value is -3.00. The Balaban J connectivity index is 1.74. The lowest BCUT2D eigenvalue weighted by Crippen LogP contribution is -2.29. The van der Waals surface area contributed by atoms with Crippen molar-refractivity contribution in [2.75, 3.05) is 12.3 Å². The lowest BCUT2D eigenvalue weighted by molar-refractivity contribution is -0.120. The van der Waals surface area contributed by atoms with Crippen LogP contribution in [0.25, 0.3) is 33.3 Å². The number of primary amides is 1. The first-order chi connectivity index (χ1) is 14.7. The zero-order valence-corrected chi connectivity index (χ0v) is 16.1. The average molecular weight is 441 g/mol. The van der Waals surface area contributed by atoms with Gasteiger partial charge in [0.25, 0.3) is 0 Å². The van der Waals surface area contributed by atoms with Crippen LogP contribution in [-0.2, 0) is 10.2 Å². The number of halogens is 1. The summed E-state index contributed by atoms with van der Waals surface area (Å²) < 4.78 is 29.4. The molecule has 7 nitrogen and oxygen atoms in total. The zero-order valence-electron chi connectivity index (χ0n) is 17.5. The number of benzene rings is 1. The van der Waals surface area contributed by atoms with Gasteiger partial charge in [0.15, 0.2) is 5.58 Å². The molecule has 0 aliphatic heterocycles. The van der Waals surface area contributed by atoms with Gasteiger partial charge in [0.1, 0.15) is 11.3 Å². The zero-order chi connectivity index (χ0) is 22.0. The molecule has 0 atom stereocenters. The van der Waals surface area contributed by atoms with Gasteiger partial charge in [0, 0.05) is 38.7 Å². The summed E-state index contributed by atoms with van der Waals surface area (Å²) in [5, 5.41) is 3.52. The number of fused-ring (bicyclic) bond motifs is 2. The quantitative estimate of drug-likeness (QED) is 0.500. The number of oxazole rings is 1. The third-order valence-electron chi connectivity index (χ3n) is 5.18. The van der Waals surface area contributed by atoms with E-state index in [2.05, 4.69) is 36.2 Å². The van der Waals surface area contributed by atoms with Crippen LogP contribution in [0.15, 0.2) is 45.5 Å². The predicted molar refractivity (Wildman–Crippen MR) is 110 cm³/mol. The third kappa shape index (κ3) is 2.48. The largest absolute Gasteiger partial charge is 0.436 e. The molecular formula is C20H16BrN5O2. The summed E-state index contributed by atoms with van der Waals surface area (Å²) in [7, 11) is 0. The van der Waals surface area contributed by atoms with Crippen LogP contribution in [-0.4, -0.2) is 27.8 Å². The number of pyridine rings is 2. The minimum Gasteiger partial charge on any atom is -0.436 e.